The summed E-state index contributed by atoms with van der Waals surface area (Å²) in [7, 11) is 0. The number of anilines is 1. The zero-order valence-corrected chi connectivity index (χ0v) is 20.9. The molecule has 8 nitrogen and oxygen atoms in total. The third-order valence-electron chi connectivity index (χ3n) is 7.76. The topological polar surface area (TPSA) is 119 Å². The number of carbonyl (C=O) groups excluding carboxylic acids is 3. The van der Waals surface area contributed by atoms with Crippen LogP contribution in [0.1, 0.15) is 22.3 Å². The van der Waals surface area contributed by atoms with Gasteiger partial charge in [-0.3, -0.25) is 24.6 Å². The van der Waals surface area contributed by atoms with Crippen LogP contribution in [0.3, 0.4) is 0 Å². The Kier molecular flexibility index (Phi) is 5.48. The van der Waals surface area contributed by atoms with Crippen LogP contribution in [0.15, 0.2) is 54.6 Å². The number of imide groups is 1. The molecule has 3 heterocycles. The number of phenols is 2. The Balaban J connectivity index is 1.46. The maximum Gasteiger partial charge on any atom is 0.250 e. The van der Waals surface area contributed by atoms with Gasteiger partial charge in [-0.15, -0.1) is 0 Å². The molecule has 0 radical (unpaired) electrons. The highest BCUT2D eigenvalue weighted by atomic mass is 35.5. The number of aromatic hydroxyl groups is 2. The maximum atomic E-state index is 14.0. The summed E-state index contributed by atoms with van der Waals surface area (Å²) in [4.78, 5) is 42.6. The second kappa shape index (κ2) is 8.54. The van der Waals surface area contributed by atoms with E-state index in [1.165, 1.54) is 36.4 Å². The molecule has 3 amide bonds. The molecule has 0 aromatic heterocycles. The number of benzene rings is 3. The molecule has 4 N–H and O–H groups in total. The lowest BCUT2D eigenvalue weighted by Crippen LogP contribution is -2.53. The number of phenolic OH excluding ortho intramolecular Hbond substituents is 2. The Morgan fingerprint density at radius 1 is 0.974 bits per heavy atom. The smallest absolute Gasteiger partial charge is 0.250 e. The summed E-state index contributed by atoms with van der Waals surface area (Å²) in [5.41, 5.74) is 1.33. The minimum atomic E-state index is -1.54. The number of nitrogens with one attached hydrogen (secondary N) is 2. The van der Waals surface area contributed by atoms with E-state index in [0.717, 1.165) is 10.5 Å². The third-order valence-corrected chi connectivity index (χ3v) is 8.06. The first-order valence-electron chi connectivity index (χ1n) is 12.1. The fourth-order valence-electron chi connectivity index (χ4n) is 6.11. The third kappa shape index (κ3) is 3.49. The van der Waals surface area contributed by atoms with Crippen LogP contribution in [0.4, 0.5) is 10.1 Å². The van der Waals surface area contributed by atoms with Crippen LogP contribution in [0.2, 0.25) is 5.02 Å². The molecule has 3 aromatic rings. The molecule has 3 aliphatic heterocycles. The molecule has 0 aliphatic carbocycles. The predicted octanol–water partition coefficient (Wildman–Crippen LogP) is 3.36. The van der Waals surface area contributed by atoms with E-state index < -0.39 is 47.0 Å². The van der Waals surface area contributed by atoms with E-state index in [-0.39, 0.29) is 24.5 Å². The van der Waals surface area contributed by atoms with Crippen molar-refractivity contribution in [1.29, 1.82) is 0 Å². The minimum Gasteiger partial charge on any atom is -0.504 e. The molecule has 2 fully saturated rings. The first-order valence-corrected chi connectivity index (χ1v) is 12.5. The van der Waals surface area contributed by atoms with E-state index >= 15 is 0 Å². The lowest BCUT2D eigenvalue weighted by molar-refractivity contribution is -0.143. The lowest BCUT2D eigenvalue weighted by Gasteiger charge is -2.30. The highest BCUT2D eigenvalue weighted by molar-refractivity contribution is 6.35. The molecule has 1 spiro atoms. The normalized spacial score (nSPS) is 25.7. The average Bonchev–Trinajstić information content (AvgIpc) is 3.44. The molecule has 3 aliphatic rings. The van der Waals surface area contributed by atoms with E-state index in [1.807, 2.05) is 6.92 Å². The van der Waals surface area contributed by atoms with Crippen LogP contribution in [-0.2, 0) is 32.9 Å². The van der Waals surface area contributed by atoms with Gasteiger partial charge in [0, 0.05) is 11.6 Å². The van der Waals surface area contributed by atoms with Crippen molar-refractivity contribution in [3.8, 4) is 11.5 Å². The highest BCUT2D eigenvalue weighted by Gasteiger charge is 2.70. The number of nitrogens with zero attached hydrogens (tertiary/aromatic N) is 1. The molecule has 3 aromatic carbocycles. The van der Waals surface area contributed by atoms with E-state index in [2.05, 4.69) is 10.6 Å². The van der Waals surface area contributed by atoms with Gasteiger partial charge in [0.05, 0.1) is 29.1 Å². The fraction of sp³-hybridized carbons (Fsp3) is 0.250. The van der Waals surface area contributed by atoms with Crippen LogP contribution in [0.5, 0.6) is 11.5 Å². The van der Waals surface area contributed by atoms with Gasteiger partial charge in [0.1, 0.15) is 11.4 Å². The highest BCUT2D eigenvalue weighted by Crippen LogP contribution is 2.55. The quantitative estimate of drug-likeness (QED) is 0.300. The van der Waals surface area contributed by atoms with Crippen molar-refractivity contribution in [3.05, 3.63) is 87.7 Å². The summed E-state index contributed by atoms with van der Waals surface area (Å²) in [5, 5.41) is 26.2. The Hall–Kier alpha value is -3.95. The number of fused-ring (bicyclic) bond motifs is 4. The SMILES string of the molecule is Cc1cc(Cl)c2c(c1)C1(NC(Cc3ccc(O)c(O)c3)C3C(=O)N(Cc4ccc(F)cc4)C(=O)C31)C(=O)N2. The molecule has 4 unspecified atom stereocenters. The number of rotatable bonds is 4. The molecule has 38 heavy (non-hydrogen) atoms. The van der Waals surface area contributed by atoms with Crippen LogP contribution < -0.4 is 10.6 Å². The monoisotopic (exact) mass is 535 g/mol. The van der Waals surface area contributed by atoms with Crippen molar-refractivity contribution >= 4 is 35.0 Å². The van der Waals surface area contributed by atoms with E-state index in [4.69, 9.17) is 11.6 Å². The molecule has 10 heteroatoms. The van der Waals surface area contributed by atoms with Crippen LogP contribution in [-0.4, -0.2) is 38.9 Å². The van der Waals surface area contributed by atoms with Gasteiger partial charge < -0.3 is 15.5 Å². The van der Waals surface area contributed by atoms with Crippen molar-refractivity contribution < 1.29 is 29.0 Å². The lowest BCUT2D eigenvalue weighted by atomic mass is 9.76. The number of amides is 3. The van der Waals surface area contributed by atoms with Gasteiger partial charge >= 0.3 is 0 Å². The first-order chi connectivity index (χ1) is 18.1. The Morgan fingerprint density at radius 2 is 1.68 bits per heavy atom. The van der Waals surface area contributed by atoms with E-state index in [1.54, 1.807) is 18.2 Å². The van der Waals surface area contributed by atoms with Gasteiger partial charge in [0.15, 0.2) is 11.5 Å². The van der Waals surface area contributed by atoms with Gasteiger partial charge in [-0.05, 0) is 60.4 Å². The molecule has 0 saturated carbocycles. The largest absolute Gasteiger partial charge is 0.504 e. The molecule has 6 rings (SSSR count). The van der Waals surface area contributed by atoms with Gasteiger partial charge in [0.2, 0.25) is 17.7 Å². The van der Waals surface area contributed by atoms with Crippen molar-refractivity contribution in [1.82, 2.24) is 10.2 Å². The summed E-state index contributed by atoms with van der Waals surface area (Å²) < 4.78 is 13.5. The maximum absolute atomic E-state index is 14.0. The minimum absolute atomic E-state index is 0.0587. The molecular weight excluding hydrogens is 513 g/mol. The van der Waals surface area contributed by atoms with E-state index in [0.29, 0.717) is 27.4 Å². The van der Waals surface area contributed by atoms with Crippen LogP contribution >= 0.6 is 11.6 Å². The standard InChI is InChI=1S/C28H23ClFN3O5/c1-13-8-17-24(18(29)9-13)31-27(38)28(17)23-22(19(32-28)10-15-4-7-20(34)21(35)11-15)25(36)33(26(23)37)12-14-2-5-16(30)6-3-14/h2-9,11,19,22-23,32,34-35H,10,12H2,1H3,(H,31,38). The van der Waals surface area contributed by atoms with Gasteiger partial charge in [-0.2, -0.15) is 0 Å². The van der Waals surface area contributed by atoms with Crippen LogP contribution in [0, 0.1) is 24.6 Å². The molecule has 0 bridgehead atoms. The van der Waals surface area contributed by atoms with Gasteiger partial charge in [0.25, 0.3) is 0 Å². The summed E-state index contributed by atoms with van der Waals surface area (Å²) in [6, 6.07) is 12.7. The average molecular weight is 536 g/mol. The van der Waals surface area contributed by atoms with Crippen molar-refractivity contribution in [2.75, 3.05) is 5.32 Å². The molecule has 2 saturated heterocycles. The zero-order valence-electron chi connectivity index (χ0n) is 20.2. The van der Waals surface area contributed by atoms with Crippen molar-refractivity contribution in [3.63, 3.8) is 0 Å². The van der Waals surface area contributed by atoms with Crippen molar-refractivity contribution in [2.45, 2.75) is 31.5 Å². The Morgan fingerprint density at radius 3 is 2.39 bits per heavy atom. The number of likely N-dealkylation sites (tertiary alicyclic amines) is 1. The summed E-state index contributed by atoms with van der Waals surface area (Å²) >= 11 is 6.47. The first kappa shape index (κ1) is 24.4. The van der Waals surface area contributed by atoms with Crippen LogP contribution in [0.25, 0.3) is 0 Å². The molecule has 194 valence electrons. The summed E-state index contributed by atoms with van der Waals surface area (Å²) in [6.45, 7) is 1.77. The molecular formula is C28H23ClFN3O5. The number of aryl methyl sites for hydroxylation is 1. The number of hydrogen-bond donors (Lipinski definition) is 4. The second-order valence-corrected chi connectivity index (χ2v) is 10.5. The Bertz CT molecular complexity index is 1530. The fourth-order valence-corrected chi connectivity index (χ4v) is 6.43. The van der Waals surface area contributed by atoms with Gasteiger partial charge in [-0.1, -0.05) is 35.9 Å². The second-order valence-electron chi connectivity index (χ2n) is 10.1. The summed E-state index contributed by atoms with van der Waals surface area (Å²) in [6.07, 6.45) is 0.197. The number of carbonyl (C=O) groups is 3. The number of hydrogen-bond acceptors (Lipinski definition) is 6. The zero-order chi connectivity index (χ0) is 26.9. The van der Waals surface area contributed by atoms with E-state index in [9.17, 15) is 29.0 Å². The Labute approximate surface area is 222 Å². The summed E-state index contributed by atoms with van der Waals surface area (Å²) in [5.74, 6) is -4.40. The van der Waals surface area contributed by atoms with Gasteiger partial charge in [-0.25, -0.2) is 4.39 Å². The predicted molar refractivity (Wildman–Crippen MR) is 136 cm³/mol. The van der Waals surface area contributed by atoms with Crippen molar-refractivity contribution in [2.24, 2.45) is 11.8 Å². The molecule has 4 atom stereocenters. The number of halogens is 2.